The van der Waals surface area contributed by atoms with Gasteiger partial charge in [0.25, 0.3) is 0 Å². The Bertz CT molecular complexity index is 840. The third-order valence-electron chi connectivity index (χ3n) is 4.56. The Labute approximate surface area is 174 Å². The number of anilines is 1. The second-order valence-corrected chi connectivity index (χ2v) is 8.24. The quantitative estimate of drug-likeness (QED) is 0.691. The van der Waals surface area contributed by atoms with Crippen molar-refractivity contribution in [3.05, 3.63) is 65.5 Å². The van der Waals surface area contributed by atoms with Crippen molar-refractivity contribution in [2.45, 2.75) is 30.3 Å². The van der Waals surface area contributed by atoms with E-state index in [9.17, 15) is 14.0 Å². The topological polar surface area (TPSA) is 67.4 Å². The molecule has 0 unspecified atom stereocenters. The molecule has 0 aromatic heterocycles. The summed E-state index contributed by atoms with van der Waals surface area (Å²) in [5.74, 6) is -0.124. The number of carbonyl (C=O) groups excluding carboxylic acids is 2. The molecule has 5 nitrogen and oxygen atoms in total. The van der Waals surface area contributed by atoms with Crippen LogP contribution in [0, 0.1) is 5.82 Å². The molecule has 7 heteroatoms. The van der Waals surface area contributed by atoms with Crippen LogP contribution in [-0.4, -0.2) is 36.8 Å². The number of thioether (sulfide) groups is 1. The normalized spacial score (nSPS) is 14.4. The molecule has 1 aliphatic heterocycles. The maximum absolute atomic E-state index is 13.2. The first kappa shape index (κ1) is 21.3. The molecule has 2 amide bonds. The Morgan fingerprint density at radius 1 is 1.03 bits per heavy atom. The second-order valence-electron chi connectivity index (χ2n) is 6.95. The van der Waals surface area contributed by atoms with Gasteiger partial charge in [-0.2, -0.15) is 11.8 Å². The molecule has 0 saturated carbocycles. The first-order valence-corrected chi connectivity index (χ1v) is 10.7. The number of nitrogens with one attached hydrogen (secondary N) is 2. The van der Waals surface area contributed by atoms with Gasteiger partial charge in [0, 0.05) is 29.9 Å². The highest BCUT2D eigenvalue weighted by Crippen LogP contribution is 2.26. The van der Waals surface area contributed by atoms with Gasteiger partial charge in [0.15, 0.2) is 0 Å². The number of amides is 2. The van der Waals surface area contributed by atoms with E-state index < -0.39 is 0 Å². The second kappa shape index (κ2) is 11.0. The highest BCUT2D eigenvalue weighted by molar-refractivity contribution is 7.99. The summed E-state index contributed by atoms with van der Waals surface area (Å²) in [7, 11) is 0. The molecule has 0 bridgehead atoms. The van der Waals surface area contributed by atoms with Crippen molar-refractivity contribution in [2.24, 2.45) is 0 Å². The summed E-state index contributed by atoms with van der Waals surface area (Å²) in [5, 5.41) is 5.99. The van der Waals surface area contributed by atoms with E-state index in [1.807, 2.05) is 36.0 Å². The third kappa shape index (κ3) is 7.51. The SMILES string of the molecule is O=C(Cc1cccc(F)c1)NCC(=O)Nc1cccc(CSC2CCOCC2)c1. The molecular weight excluding hydrogens is 391 g/mol. The highest BCUT2D eigenvalue weighted by atomic mass is 32.2. The molecule has 2 aromatic rings. The number of rotatable bonds is 8. The van der Waals surface area contributed by atoms with Gasteiger partial charge in [-0.05, 0) is 48.2 Å². The van der Waals surface area contributed by atoms with Crippen molar-refractivity contribution in [1.29, 1.82) is 0 Å². The minimum Gasteiger partial charge on any atom is -0.381 e. The zero-order valence-corrected chi connectivity index (χ0v) is 17.0. The zero-order chi connectivity index (χ0) is 20.5. The summed E-state index contributed by atoms with van der Waals surface area (Å²) in [6.45, 7) is 1.53. The molecule has 154 valence electrons. The fourth-order valence-corrected chi connectivity index (χ4v) is 4.21. The standard InChI is InChI=1S/C22H25FN2O3S/c23-18-5-1-3-16(11-18)13-21(26)24-14-22(27)25-19-6-2-4-17(12-19)15-29-20-7-9-28-10-8-20/h1-6,11-12,20H,7-10,13-15H2,(H,24,26)(H,25,27). The molecule has 29 heavy (non-hydrogen) atoms. The molecule has 1 fully saturated rings. The highest BCUT2D eigenvalue weighted by Gasteiger charge is 2.14. The number of halogens is 1. The molecule has 2 aromatic carbocycles. The van der Waals surface area contributed by atoms with Crippen LogP contribution < -0.4 is 10.6 Å². The number of hydrogen-bond acceptors (Lipinski definition) is 4. The maximum Gasteiger partial charge on any atom is 0.243 e. The largest absolute Gasteiger partial charge is 0.381 e. The van der Waals surface area contributed by atoms with E-state index in [-0.39, 0.29) is 30.6 Å². The van der Waals surface area contributed by atoms with Gasteiger partial charge in [0.05, 0.1) is 13.0 Å². The molecule has 1 heterocycles. The third-order valence-corrected chi connectivity index (χ3v) is 6.01. The molecule has 3 rings (SSSR count). The number of carbonyl (C=O) groups is 2. The summed E-state index contributed by atoms with van der Waals surface area (Å²) in [6.07, 6.45) is 2.19. The minimum absolute atomic E-state index is 0.0317. The van der Waals surface area contributed by atoms with Crippen LogP contribution in [-0.2, 0) is 26.5 Å². The van der Waals surface area contributed by atoms with Crippen molar-refractivity contribution >= 4 is 29.3 Å². The average molecular weight is 417 g/mol. The summed E-state index contributed by atoms with van der Waals surface area (Å²) < 4.78 is 18.5. The number of benzene rings is 2. The van der Waals surface area contributed by atoms with Crippen LogP contribution >= 0.6 is 11.8 Å². The summed E-state index contributed by atoms with van der Waals surface area (Å²) in [4.78, 5) is 24.1. The molecule has 1 saturated heterocycles. The van der Waals surface area contributed by atoms with E-state index >= 15 is 0 Å². The summed E-state index contributed by atoms with van der Waals surface area (Å²) in [5.41, 5.74) is 2.42. The average Bonchev–Trinajstić information content (AvgIpc) is 2.72. The lowest BCUT2D eigenvalue weighted by atomic mass is 10.1. The zero-order valence-electron chi connectivity index (χ0n) is 16.2. The molecule has 0 aliphatic carbocycles. The number of hydrogen-bond donors (Lipinski definition) is 2. The first-order valence-electron chi connectivity index (χ1n) is 9.68. The molecule has 0 atom stereocenters. The lowest BCUT2D eigenvalue weighted by Crippen LogP contribution is -2.33. The molecule has 0 radical (unpaired) electrons. The fraction of sp³-hybridized carbons (Fsp3) is 0.364. The Hall–Kier alpha value is -2.38. The van der Waals surface area contributed by atoms with Gasteiger partial charge in [-0.15, -0.1) is 0 Å². The van der Waals surface area contributed by atoms with Gasteiger partial charge >= 0.3 is 0 Å². The fourth-order valence-electron chi connectivity index (χ4n) is 3.07. The van der Waals surface area contributed by atoms with Crippen LogP contribution in [0.5, 0.6) is 0 Å². The van der Waals surface area contributed by atoms with E-state index in [0.29, 0.717) is 16.5 Å². The van der Waals surface area contributed by atoms with Crippen LogP contribution in [0.1, 0.15) is 24.0 Å². The maximum atomic E-state index is 13.2. The van der Waals surface area contributed by atoms with Crippen LogP contribution in [0.25, 0.3) is 0 Å². The smallest absolute Gasteiger partial charge is 0.243 e. The van der Waals surface area contributed by atoms with Gasteiger partial charge in [-0.1, -0.05) is 24.3 Å². The molecule has 1 aliphatic rings. The van der Waals surface area contributed by atoms with E-state index in [1.54, 1.807) is 12.1 Å². The van der Waals surface area contributed by atoms with Crippen LogP contribution in [0.2, 0.25) is 0 Å². The van der Waals surface area contributed by atoms with Crippen molar-refractivity contribution in [1.82, 2.24) is 5.32 Å². The van der Waals surface area contributed by atoms with Crippen molar-refractivity contribution < 1.29 is 18.7 Å². The van der Waals surface area contributed by atoms with E-state index in [1.165, 1.54) is 12.1 Å². The lowest BCUT2D eigenvalue weighted by Gasteiger charge is -2.21. The van der Waals surface area contributed by atoms with E-state index in [4.69, 9.17) is 4.74 Å². The van der Waals surface area contributed by atoms with Gasteiger partial charge < -0.3 is 15.4 Å². The Morgan fingerprint density at radius 2 is 1.79 bits per heavy atom. The predicted molar refractivity (Wildman–Crippen MR) is 113 cm³/mol. The number of ether oxygens (including phenoxy) is 1. The molecule has 0 spiro atoms. The summed E-state index contributed by atoms with van der Waals surface area (Å²) >= 11 is 1.92. The van der Waals surface area contributed by atoms with Gasteiger partial charge in [0.1, 0.15) is 5.82 Å². The Kier molecular flexibility index (Phi) is 8.07. The van der Waals surface area contributed by atoms with E-state index in [0.717, 1.165) is 37.4 Å². The van der Waals surface area contributed by atoms with Crippen LogP contribution in [0.15, 0.2) is 48.5 Å². The predicted octanol–water partition coefficient (Wildman–Crippen LogP) is 3.54. The van der Waals surface area contributed by atoms with Gasteiger partial charge in [-0.25, -0.2) is 4.39 Å². The Morgan fingerprint density at radius 3 is 2.59 bits per heavy atom. The lowest BCUT2D eigenvalue weighted by molar-refractivity contribution is -0.123. The van der Waals surface area contributed by atoms with Crippen LogP contribution in [0.4, 0.5) is 10.1 Å². The van der Waals surface area contributed by atoms with E-state index in [2.05, 4.69) is 10.6 Å². The van der Waals surface area contributed by atoms with Crippen molar-refractivity contribution in [2.75, 3.05) is 25.1 Å². The van der Waals surface area contributed by atoms with Crippen molar-refractivity contribution in [3.8, 4) is 0 Å². The van der Waals surface area contributed by atoms with Crippen LogP contribution in [0.3, 0.4) is 0 Å². The summed E-state index contributed by atoms with van der Waals surface area (Å²) in [6, 6.07) is 13.6. The molecular formula is C22H25FN2O3S. The van der Waals surface area contributed by atoms with Crippen molar-refractivity contribution in [3.63, 3.8) is 0 Å². The first-order chi connectivity index (χ1) is 14.1. The van der Waals surface area contributed by atoms with Gasteiger partial charge in [-0.3, -0.25) is 9.59 Å². The monoisotopic (exact) mass is 416 g/mol. The molecule has 2 N–H and O–H groups in total. The minimum atomic E-state index is -0.386. The van der Waals surface area contributed by atoms with Gasteiger partial charge in [0.2, 0.25) is 11.8 Å². The Balaban J connectivity index is 1.42.